The van der Waals surface area contributed by atoms with Crippen LogP contribution in [-0.2, 0) is 4.74 Å². The van der Waals surface area contributed by atoms with E-state index in [0.717, 1.165) is 18.0 Å². The Hall–Kier alpha value is -1.57. The molecule has 0 radical (unpaired) electrons. The first-order valence-electron chi connectivity index (χ1n) is 5.04. The Morgan fingerprint density at radius 3 is 2.53 bits per heavy atom. The second-order valence-corrected chi connectivity index (χ2v) is 3.36. The fourth-order valence-corrected chi connectivity index (χ4v) is 1.14. The molecule has 0 bridgehead atoms. The van der Waals surface area contributed by atoms with Crippen molar-refractivity contribution in [2.45, 2.75) is 20.3 Å². The molecule has 1 aromatic carbocycles. The number of benzene rings is 1. The van der Waals surface area contributed by atoms with Crippen molar-refractivity contribution in [3.63, 3.8) is 0 Å². The van der Waals surface area contributed by atoms with Gasteiger partial charge in [-0.2, -0.15) is 0 Å². The third-order valence-corrected chi connectivity index (χ3v) is 2.17. The van der Waals surface area contributed by atoms with Crippen LogP contribution in [0.3, 0.4) is 0 Å². The average molecular weight is 203 g/mol. The number of ether oxygens (including phenoxy) is 1. The van der Waals surface area contributed by atoms with E-state index in [-0.39, 0.29) is 0 Å². The Morgan fingerprint density at radius 1 is 1.33 bits per heavy atom. The second kappa shape index (κ2) is 6.02. The summed E-state index contributed by atoms with van der Waals surface area (Å²) >= 11 is 0. The molecule has 0 aromatic heterocycles. The molecular formula is C13H17NO. The zero-order chi connectivity index (χ0) is 11.1. The molecule has 2 heteroatoms. The molecule has 15 heavy (non-hydrogen) atoms. The van der Waals surface area contributed by atoms with Gasteiger partial charge in [0.25, 0.3) is 0 Å². The van der Waals surface area contributed by atoms with Gasteiger partial charge in [-0.15, -0.1) is 0 Å². The summed E-state index contributed by atoms with van der Waals surface area (Å²) in [5.74, 6) is 0.747. The van der Waals surface area contributed by atoms with Gasteiger partial charge < -0.3 is 4.74 Å². The molecule has 0 unspecified atom stereocenters. The number of aliphatic imine (C=N–C) groups is 1. The van der Waals surface area contributed by atoms with Gasteiger partial charge in [-0.05, 0) is 26.0 Å². The Labute approximate surface area is 91.3 Å². The third kappa shape index (κ3) is 3.98. The molecule has 0 saturated carbocycles. The SMILES string of the molecule is C/C=C(/C)CC(=Nc1ccccc1)OC. The molecule has 2 nitrogen and oxygen atoms in total. The van der Waals surface area contributed by atoms with Crippen LogP contribution in [0.25, 0.3) is 0 Å². The highest BCUT2D eigenvalue weighted by atomic mass is 16.5. The van der Waals surface area contributed by atoms with Crippen molar-refractivity contribution in [1.82, 2.24) is 0 Å². The number of hydrogen-bond acceptors (Lipinski definition) is 2. The van der Waals surface area contributed by atoms with E-state index in [0.29, 0.717) is 0 Å². The number of nitrogens with zero attached hydrogens (tertiary/aromatic N) is 1. The minimum absolute atomic E-state index is 0.747. The summed E-state index contributed by atoms with van der Waals surface area (Å²) in [6.07, 6.45) is 2.83. The number of allylic oxidation sites excluding steroid dienone is 1. The summed E-state index contributed by atoms with van der Waals surface area (Å²) in [7, 11) is 1.66. The highest BCUT2D eigenvalue weighted by Crippen LogP contribution is 2.13. The van der Waals surface area contributed by atoms with Crippen LogP contribution in [0.2, 0.25) is 0 Å². The Balaban J connectivity index is 2.79. The molecule has 0 aliphatic rings. The highest BCUT2D eigenvalue weighted by molar-refractivity contribution is 5.81. The monoisotopic (exact) mass is 203 g/mol. The maximum Gasteiger partial charge on any atom is 0.192 e. The molecule has 0 saturated heterocycles. The molecule has 1 aromatic rings. The summed E-state index contributed by atoms with van der Waals surface area (Å²) < 4.78 is 5.24. The van der Waals surface area contributed by atoms with Crippen LogP contribution < -0.4 is 0 Å². The van der Waals surface area contributed by atoms with Crippen LogP contribution in [0, 0.1) is 0 Å². The van der Waals surface area contributed by atoms with E-state index in [1.165, 1.54) is 5.57 Å². The molecule has 0 aliphatic carbocycles. The molecule has 0 aliphatic heterocycles. The summed E-state index contributed by atoms with van der Waals surface area (Å²) in [5.41, 5.74) is 2.18. The van der Waals surface area contributed by atoms with E-state index in [9.17, 15) is 0 Å². The molecular weight excluding hydrogens is 186 g/mol. The molecule has 0 atom stereocenters. The Kier molecular flexibility index (Phi) is 4.61. The van der Waals surface area contributed by atoms with Crippen LogP contribution in [0.15, 0.2) is 47.0 Å². The lowest BCUT2D eigenvalue weighted by molar-refractivity contribution is 0.394. The largest absolute Gasteiger partial charge is 0.484 e. The van der Waals surface area contributed by atoms with E-state index in [2.05, 4.69) is 18.0 Å². The number of methoxy groups -OCH3 is 1. The van der Waals surface area contributed by atoms with Gasteiger partial charge in [0, 0.05) is 6.42 Å². The molecule has 0 amide bonds. The van der Waals surface area contributed by atoms with Crippen LogP contribution in [0.1, 0.15) is 20.3 Å². The fourth-order valence-electron chi connectivity index (χ4n) is 1.14. The molecule has 0 spiro atoms. The minimum Gasteiger partial charge on any atom is -0.484 e. The van der Waals surface area contributed by atoms with Gasteiger partial charge in [0.2, 0.25) is 0 Å². The van der Waals surface area contributed by atoms with Crippen molar-refractivity contribution in [2.24, 2.45) is 4.99 Å². The molecule has 80 valence electrons. The summed E-state index contributed by atoms with van der Waals surface area (Å²) in [5, 5.41) is 0. The Bertz CT molecular complexity index is 352. The first-order chi connectivity index (χ1) is 7.26. The molecule has 0 heterocycles. The predicted molar refractivity (Wildman–Crippen MR) is 64.6 cm³/mol. The average Bonchev–Trinajstić information content (AvgIpc) is 2.29. The van der Waals surface area contributed by atoms with Crippen molar-refractivity contribution in [3.8, 4) is 0 Å². The minimum atomic E-state index is 0.747. The van der Waals surface area contributed by atoms with E-state index < -0.39 is 0 Å². The zero-order valence-corrected chi connectivity index (χ0v) is 9.53. The van der Waals surface area contributed by atoms with Crippen molar-refractivity contribution < 1.29 is 4.74 Å². The number of rotatable bonds is 3. The smallest absolute Gasteiger partial charge is 0.192 e. The van der Waals surface area contributed by atoms with Gasteiger partial charge in [-0.25, -0.2) is 4.99 Å². The standard InChI is InChI=1S/C13H17NO/c1-4-11(2)10-13(15-3)14-12-8-6-5-7-9-12/h4-9H,10H2,1-3H3/b11-4-,14-13?. The predicted octanol–water partition coefficient (Wildman–Crippen LogP) is 3.72. The van der Waals surface area contributed by atoms with E-state index in [1.807, 2.05) is 37.3 Å². The number of hydrogen-bond donors (Lipinski definition) is 0. The van der Waals surface area contributed by atoms with Crippen molar-refractivity contribution in [3.05, 3.63) is 42.0 Å². The fraction of sp³-hybridized carbons (Fsp3) is 0.308. The van der Waals surface area contributed by atoms with Crippen molar-refractivity contribution in [1.29, 1.82) is 0 Å². The third-order valence-electron chi connectivity index (χ3n) is 2.17. The first-order valence-corrected chi connectivity index (χ1v) is 5.04. The summed E-state index contributed by atoms with van der Waals surface area (Å²) in [6.45, 7) is 4.09. The van der Waals surface area contributed by atoms with Crippen LogP contribution in [0.4, 0.5) is 5.69 Å². The summed E-state index contributed by atoms with van der Waals surface area (Å²) in [4.78, 5) is 4.42. The maximum atomic E-state index is 5.24. The summed E-state index contributed by atoms with van der Waals surface area (Å²) in [6, 6.07) is 9.83. The lowest BCUT2D eigenvalue weighted by Gasteiger charge is -2.04. The van der Waals surface area contributed by atoms with E-state index in [4.69, 9.17) is 4.74 Å². The zero-order valence-electron chi connectivity index (χ0n) is 9.53. The van der Waals surface area contributed by atoms with Crippen LogP contribution >= 0.6 is 0 Å². The van der Waals surface area contributed by atoms with Gasteiger partial charge >= 0.3 is 0 Å². The lowest BCUT2D eigenvalue weighted by Crippen LogP contribution is -2.01. The number of para-hydroxylation sites is 1. The molecule has 0 N–H and O–H groups in total. The van der Waals surface area contributed by atoms with Gasteiger partial charge in [0.1, 0.15) is 0 Å². The van der Waals surface area contributed by atoms with Crippen LogP contribution in [-0.4, -0.2) is 13.0 Å². The van der Waals surface area contributed by atoms with Gasteiger partial charge in [-0.3, -0.25) is 0 Å². The topological polar surface area (TPSA) is 21.6 Å². The van der Waals surface area contributed by atoms with Gasteiger partial charge in [0.05, 0.1) is 12.8 Å². The molecule has 1 rings (SSSR count). The van der Waals surface area contributed by atoms with Crippen molar-refractivity contribution in [2.75, 3.05) is 7.11 Å². The first kappa shape index (κ1) is 11.5. The lowest BCUT2D eigenvalue weighted by atomic mass is 10.2. The van der Waals surface area contributed by atoms with E-state index >= 15 is 0 Å². The van der Waals surface area contributed by atoms with E-state index in [1.54, 1.807) is 7.11 Å². The normalized spacial score (nSPS) is 12.7. The highest BCUT2D eigenvalue weighted by Gasteiger charge is 1.99. The van der Waals surface area contributed by atoms with Gasteiger partial charge in [0.15, 0.2) is 5.90 Å². The van der Waals surface area contributed by atoms with Gasteiger partial charge in [-0.1, -0.05) is 29.8 Å². The quantitative estimate of drug-likeness (QED) is 0.417. The maximum absolute atomic E-state index is 5.24. The second-order valence-electron chi connectivity index (χ2n) is 3.36. The van der Waals surface area contributed by atoms with Crippen molar-refractivity contribution >= 4 is 11.6 Å². The Morgan fingerprint density at radius 2 is 2.00 bits per heavy atom. The van der Waals surface area contributed by atoms with Crippen LogP contribution in [0.5, 0.6) is 0 Å². The molecule has 0 fully saturated rings.